The van der Waals surface area contributed by atoms with E-state index in [0.717, 1.165) is 6.54 Å². The predicted octanol–water partition coefficient (Wildman–Crippen LogP) is -0.684. The van der Waals surface area contributed by atoms with Crippen LogP contribution in [0.5, 0.6) is 0 Å². The van der Waals surface area contributed by atoms with Crippen molar-refractivity contribution in [2.24, 2.45) is 11.5 Å². The Morgan fingerprint density at radius 2 is 2.18 bits per heavy atom. The summed E-state index contributed by atoms with van der Waals surface area (Å²) in [5.74, 6) is 0. The standard InChI is InChI=1S/C7H16FN3/c8-6-3-7(4-10)11(5-6)2-1-9/h6-7H,1-5,9-10H2/t6-,7-/m0/s1. The number of hydrogen-bond donors (Lipinski definition) is 2. The maximum atomic E-state index is 12.8. The fourth-order valence-electron chi connectivity index (χ4n) is 1.61. The molecule has 0 radical (unpaired) electrons. The number of hydrogen-bond acceptors (Lipinski definition) is 3. The van der Waals surface area contributed by atoms with E-state index < -0.39 is 6.17 Å². The first-order valence-electron chi connectivity index (χ1n) is 4.06. The van der Waals surface area contributed by atoms with E-state index in [1.807, 2.05) is 4.90 Å². The van der Waals surface area contributed by atoms with Gasteiger partial charge in [0.1, 0.15) is 6.17 Å². The normalized spacial score (nSPS) is 33.0. The summed E-state index contributed by atoms with van der Waals surface area (Å²) in [4.78, 5) is 2.03. The highest BCUT2D eigenvalue weighted by Gasteiger charge is 2.29. The molecule has 0 bridgehead atoms. The van der Waals surface area contributed by atoms with Gasteiger partial charge in [-0.25, -0.2) is 4.39 Å². The summed E-state index contributed by atoms with van der Waals surface area (Å²) < 4.78 is 12.8. The molecule has 1 rings (SSSR count). The Morgan fingerprint density at radius 1 is 1.45 bits per heavy atom. The number of nitrogens with zero attached hydrogens (tertiary/aromatic N) is 1. The molecule has 1 aliphatic rings. The maximum Gasteiger partial charge on any atom is 0.114 e. The van der Waals surface area contributed by atoms with Gasteiger partial charge < -0.3 is 11.5 Å². The van der Waals surface area contributed by atoms with Gasteiger partial charge in [0.15, 0.2) is 0 Å². The third kappa shape index (κ3) is 2.12. The Bertz CT molecular complexity index is 120. The molecule has 0 aromatic heterocycles. The first kappa shape index (κ1) is 8.90. The summed E-state index contributed by atoms with van der Waals surface area (Å²) in [6, 6.07) is 0.216. The van der Waals surface area contributed by atoms with Crippen LogP contribution in [-0.2, 0) is 0 Å². The molecule has 4 N–H and O–H groups in total. The topological polar surface area (TPSA) is 55.3 Å². The van der Waals surface area contributed by atoms with Crippen molar-refractivity contribution < 1.29 is 4.39 Å². The minimum absolute atomic E-state index is 0.216. The van der Waals surface area contributed by atoms with Crippen LogP contribution < -0.4 is 11.5 Å². The molecular formula is C7H16FN3. The maximum absolute atomic E-state index is 12.8. The Labute approximate surface area is 66.5 Å². The van der Waals surface area contributed by atoms with E-state index in [-0.39, 0.29) is 6.04 Å². The highest BCUT2D eigenvalue weighted by atomic mass is 19.1. The van der Waals surface area contributed by atoms with E-state index in [0.29, 0.717) is 26.1 Å². The zero-order chi connectivity index (χ0) is 8.27. The minimum atomic E-state index is -0.699. The molecule has 0 spiro atoms. The molecule has 66 valence electrons. The van der Waals surface area contributed by atoms with Gasteiger partial charge in [-0.15, -0.1) is 0 Å². The Morgan fingerprint density at radius 3 is 2.73 bits per heavy atom. The van der Waals surface area contributed by atoms with Crippen LogP contribution in [0.2, 0.25) is 0 Å². The molecule has 0 aliphatic carbocycles. The molecule has 1 saturated heterocycles. The van der Waals surface area contributed by atoms with E-state index in [1.54, 1.807) is 0 Å². The van der Waals surface area contributed by atoms with E-state index >= 15 is 0 Å². The lowest BCUT2D eigenvalue weighted by atomic mass is 10.2. The van der Waals surface area contributed by atoms with Crippen molar-refractivity contribution in [1.82, 2.24) is 4.90 Å². The first-order chi connectivity index (χ1) is 5.27. The molecule has 0 aromatic carbocycles. The molecular weight excluding hydrogens is 145 g/mol. The van der Waals surface area contributed by atoms with Gasteiger partial charge in [-0.3, -0.25) is 4.90 Å². The van der Waals surface area contributed by atoms with Gasteiger partial charge in [0.25, 0.3) is 0 Å². The van der Waals surface area contributed by atoms with Crippen LogP contribution in [0.3, 0.4) is 0 Å². The van der Waals surface area contributed by atoms with E-state index in [2.05, 4.69) is 0 Å². The van der Waals surface area contributed by atoms with Crippen LogP contribution in [0, 0.1) is 0 Å². The van der Waals surface area contributed by atoms with Gasteiger partial charge in [-0.1, -0.05) is 0 Å². The van der Waals surface area contributed by atoms with Crippen molar-refractivity contribution in [3.8, 4) is 0 Å². The van der Waals surface area contributed by atoms with E-state index in [9.17, 15) is 4.39 Å². The van der Waals surface area contributed by atoms with E-state index in [4.69, 9.17) is 11.5 Å². The molecule has 11 heavy (non-hydrogen) atoms. The molecule has 1 heterocycles. The second-order valence-electron chi connectivity index (χ2n) is 3.01. The fourth-order valence-corrected chi connectivity index (χ4v) is 1.61. The molecule has 3 nitrogen and oxygen atoms in total. The largest absolute Gasteiger partial charge is 0.329 e. The number of halogens is 1. The highest BCUT2D eigenvalue weighted by Crippen LogP contribution is 2.18. The van der Waals surface area contributed by atoms with E-state index in [1.165, 1.54) is 0 Å². The van der Waals surface area contributed by atoms with Crippen LogP contribution in [0.1, 0.15) is 6.42 Å². The molecule has 1 fully saturated rings. The number of alkyl halides is 1. The van der Waals surface area contributed by atoms with Gasteiger partial charge in [0.05, 0.1) is 0 Å². The Balaban J connectivity index is 2.37. The SMILES string of the molecule is NCCN1C[C@@H](F)C[C@H]1CN. The van der Waals surface area contributed by atoms with Gasteiger partial charge in [0, 0.05) is 32.2 Å². The van der Waals surface area contributed by atoms with Crippen molar-refractivity contribution in [1.29, 1.82) is 0 Å². The average Bonchev–Trinajstić information content (AvgIpc) is 2.32. The quantitative estimate of drug-likeness (QED) is 0.576. The zero-order valence-electron chi connectivity index (χ0n) is 6.67. The molecule has 0 saturated carbocycles. The van der Waals surface area contributed by atoms with Crippen molar-refractivity contribution in [3.05, 3.63) is 0 Å². The lowest BCUT2D eigenvalue weighted by Gasteiger charge is -2.21. The molecule has 0 aromatic rings. The second kappa shape index (κ2) is 3.99. The van der Waals surface area contributed by atoms with Gasteiger partial charge >= 0.3 is 0 Å². The first-order valence-corrected chi connectivity index (χ1v) is 4.06. The summed E-state index contributed by atoms with van der Waals surface area (Å²) in [5.41, 5.74) is 10.8. The molecule has 1 aliphatic heterocycles. The lowest BCUT2D eigenvalue weighted by Crippen LogP contribution is -2.38. The van der Waals surface area contributed by atoms with Gasteiger partial charge in [0.2, 0.25) is 0 Å². The Hall–Kier alpha value is -0.190. The molecule has 0 amide bonds. The van der Waals surface area contributed by atoms with Crippen molar-refractivity contribution in [2.45, 2.75) is 18.6 Å². The fraction of sp³-hybridized carbons (Fsp3) is 1.00. The van der Waals surface area contributed by atoms with Gasteiger partial charge in [-0.2, -0.15) is 0 Å². The van der Waals surface area contributed by atoms with Crippen LogP contribution in [0.15, 0.2) is 0 Å². The van der Waals surface area contributed by atoms with Crippen molar-refractivity contribution in [2.75, 3.05) is 26.2 Å². The van der Waals surface area contributed by atoms with Crippen LogP contribution in [0.25, 0.3) is 0 Å². The zero-order valence-corrected chi connectivity index (χ0v) is 6.67. The molecule has 2 atom stereocenters. The van der Waals surface area contributed by atoms with Crippen LogP contribution >= 0.6 is 0 Å². The lowest BCUT2D eigenvalue weighted by molar-refractivity contribution is 0.253. The second-order valence-corrected chi connectivity index (χ2v) is 3.01. The number of likely N-dealkylation sites (tertiary alicyclic amines) is 1. The minimum Gasteiger partial charge on any atom is -0.329 e. The molecule has 0 unspecified atom stereocenters. The molecule has 4 heteroatoms. The summed E-state index contributed by atoms with van der Waals surface area (Å²) in [5, 5.41) is 0. The van der Waals surface area contributed by atoms with Crippen molar-refractivity contribution in [3.63, 3.8) is 0 Å². The average molecular weight is 161 g/mol. The highest BCUT2D eigenvalue weighted by molar-refractivity contribution is 4.85. The monoisotopic (exact) mass is 161 g/mol. The van der Waals surface area contributed by atoms with Crippen molar-refractivity contribution >= 4 is 0 Å². The van der Waals surface area contributed by atoms with Gasteiger partial charge in [-0.05, 0) is 6.42 Å². The summed E-state index contributed by atoms with van der Waals surface area (Å²) >= 11 is 0. The van der Waals surface area contributed by atoms with Crippen LogP contribution in [-0.4, -0.2) is 43.3 Å². The smallest absolute Gasteiger partial charge is 0.114 e. The number of nitrogens with two attached hydrogens (primary N) is 2. The summed E-state index contributed by atoms with van der Waals surface area (Å²) in [7, 11) is 0. The van der Waals surface area contributed by atoms with Crippen LogP contribution in [0.4, 0.5) is 4.39 Å². The summed E-state index contributed by atoms with van der Waals surface area (Å²) in [6.45, 7) is 2.41. The number of rotatable bonds is 3. The predicted molar refractivity (Wildman–Crippen MR) is 43.0 cm³/mol. The Kier molecular flexibility index (Phi) is 3.23. The third-order valence-corrected chi connectivity index (χ3v) is 2.17. The third-order valence-electron chi connectivity index (χ3n) is 2.17. The summed E-state index contributed by atoms with van der Waals surface area (Å²) in [6.07, 6.45) is -0.119.